The molecule has 3 rings (SSSR count). The summed E-state index contributed by atoms with van der Waals surface area (Å²) >= 11 is 0. The Morgan fingerprint density at radius 1 is 1.16 bits per heavy atom. The third-order valence-corrected chi connectivity index (χ3v) is 5.99. The first-order valence-corrected chi connectivity index (χ1v) is 10.9. The Morgan fingerprint density at radius 3 is 2.42 bits per heavy atom. The first-order valence-electron chi connectivity index (χ1n) is 9.05. The maximum absolute atomic E-state index is 13.2. The number of anilines is 1. The van der Waals surface area contributed by atoms with E-state index >= 15 is 0 Å². The van der Waals surface area contributed by atoms with Crippen molar-refractivity contribution in [2.24, 2.45) is 0 Å². The maximum atomic E-state index is 13.2. The number of aromatic carboxylic acids is 1. The van der Waals surface area contributed by atoms with E-state index < -0.39 is 39.7 Å². The standard InChI is InChI=1S/C20H18F3NO6S/c1-11(20(21,22)23)30-17-7-6-12(31(2,28)29)10-15(17)18(25)24-9-8-13-14(19(26)27)4-3-5-16(13)24/h3-7,10-11H,8-9H2,1-2H3,(H,26,27)/t11-/m0/s1. The van der Waals surface area contributed by atoms with Crippen molar-refractivity contribution in [3.8, 4) is 5.75 Å². The fourth-order valence-electron chi connectivity index (χ4n) is 3.26. The molecule has 166 valence electrons. The van der Waals surface area contributed by atoms with Crippen molar-refractivity contribution in [2.75, 3.05) is 17.7 Å². The van der Waals surface area contributed by atoms with Gasteiger partial charge < -0.3 is 14.7 Å². The minimum Gasteiger partial charge on any atom is -0.480 e. The van der Waals surface area contributed by atoms with E-state index in [2.05, 4.69) is 0 Å². The largest absolute Gasteiger partial charge is 0.480 e. The molecule has 1 atom stereocenters. The molecule has 0 unspecified atom stereocenters. The molecule has 1 heterocycles. The van der Waals surface area contributed by atoms with Crippen molar-refractivity contribution in [1.29, 1.82) is 0 Å². The summed E-state index contributed by atoms with van der Waals surface area (Å²) in [5.41, 5.74) is 0.352. The Labute approximate surface area is 176 Å². The van der Waals surface area contributed by atoms with Gasteiger partial charge in [0.1, 0.15) is 5.75 Å². The highest BCUT2D eigenvalue weighted by Crippen LogP contribution is 2.35. The number of hydrogen-bond acceptors (Lipinski definition) is 5. The van der Waals surface area contributed by atoms with Gasteiger partial charge in [-0.15, -0.1) is 0 Å². The number of carbonyl (C=O) groups excluding carboxylic acids is 1. The van der Waals surface area contributed by atoms with E-state index in [-0.39, 0.29) is 29.0 Å². The van der Waals surface area contributed by atoms with E-state index in [1.807, 2.05) is 0 Å². The van der Waals surface area contributed by atoms with Gasteiger partial charge in [0.15, 0.2) is 15.9 Å². The van der Waals surface area contributed by atoms with Crippen molar-refractivity contribution in [3.05, 3.63) is 53.1 Å². The van der Waals surface area contributed by atoms with Crippen LogP contribution in [-0.2, 0) is 16.3 Å². The van der Waals surface area contributed by atoms with Crippen molar-refractivity contribution >= 4 is 27.4 Å². The highest BCUT2D eigenvalue weighted by atomic mass is 32.2. The predicted molar refractivity (Wildman–Crippen MR) is 104 cm³/mol. The molecule has 0 fully saturated rings. The monoisotopic (exact) mass is 457 g/mol. The summed E-state index contributed by atoms with van der Waals surface area (Å²) < 4.78 is 67.8. The van der Waals surface area contributed by atoms with Crippen LogP contribution in [0.2, 0.25) is 0 Å². The Bertz CT molecular complexity index is 1160. The lowest BCUT2D eigenvalue weighted by atomic mass is 10.1. The molecular formula is C20H18F3NO6S. The number of amides is 1. The number of carboxylic acids is 1. The van der Waals surface area contributed by atoms with Crippen LogP contribution in [0.3, 0.4) is 0 Å². The van der Waals surface area contributed by atoms with Gasteiger partial charge in [-0.25, -0.2) is 13.2 Å². The van der Waals surface area contributed by atoms with Gasteiger partial charge in [0.05, 0.1) is 16.0 Å². The van der Waals surface area contributed by atoms with Crippen LogP contribution in [-0.4, -0.2) is 50.5 Å². The van der Waals surface area contributed by atoms with E-state index in [0.717, 1.165) is 31.4 Å². The van der Waals surface area contributed by atoms with Gasteiger partial charge in [-0.2, -0.15) is 13.2 Å². The number of sulfone groups is 1. The van der Waals surface area contributed by atoms with Gasteiger partial charge >= 0.3 is 12.1 Å². The summed E-state index contributed by atoms with van der Waals surface area (Å²) in [7, 11) is -3.76. The fourth-order valence-corrected chi connectivity index (χ4v) is 3.91. The minimum atomic E-state index is -4.70. The molecule has 0 aliphatic carbocycles. The lowest BCUT2D eigenvalue weighted by molar-refractivity contribution is -0.189. The van der Waals surface area contributed by atoms with Crippen LogP contribution in [0.25, 0.3) is 0 Å². The highest BCUT2D eigenvalue weighted by Gasteiger charge is 2.39. The average molecular weight is 457 g/mol. The van der Waals surface area contributed by atoms with Gasteiger partial charge in [-0.3, -0.25) is 4.79 Å². The number of ether oxygens (including phenoxy) is 1. The van der Waals surface area contributed by atoms with E-state index in [1.54, 1.807) is 0 Å². The van der Waals surface area contributed by atoms with E-state index in [1.165, 1.54) is 23.1 Å². The third-order valence-electron chi connectivity index (χ3n) is 4.88. The average Bonchev–Trinajstić information content (AvgIpc) is 3.10. The third kappa shape index (κ3) is 4.50. The molecule has 0 bridgehead atoms. The molecule has 11 heteroatoms. The predicted octanol–water partition coefficient (Wildman–Crippen LogP) is 3.32. The Balaban J connectivity index is 2.08. The zero-order valence-corrected chi connectivity index (χ0v) is 17.2. The Morgan fingerprint density at radius 2 is 1.84 bits per heavy atom. The molecule has 0 saturated heterocycles. The molecule has 1 aliphatic rings. The molecule has 1 N–H and O–H groups in total. The van der Waals surface area contributed by atoms with Gasteiger partial charge in [0.2, 0.25) is 0 Å². The zero-order chi connectivity index (χ0) is 23.1. The quantitative estimate of drug-likeness (QED) is 0.739. The van der Waals surface area contributed by atoms with E-state index in [4.69, 9.17) is 4.74 Å². The number of halogens is 3. The Kier molecular flexibility index (Phi) is 5.74. The molecule has 2 aromatic rings. The van der Waals surface area contributed by atoms with E-state index in [9.17, 15) is 36.3 Å². The molecule has 0 saturated carbocycles. The first kappa shape index (κ1) is 22.6. The minimum absolute atomic E-state index is 0.0138. The molecule has 0 spiro atoms. The van der Waals surface area contributed by atoms with Crippen LogP contribution in [0.5, 0.6) is 5.75 Å². The normalized spacial score (nSPS) is 14.8. The number of carboxylic acid groups (broad SMARTS) is 1. The smallest absolute Gasteiger partial charge is 0.425 e. The van der Waals surface area contributed by atoms with Crippen LogP contribution < -0.4 is 9.64 Å². The van der Waals surface area contributed by atoms with Crippen molar-refractivity contribution in [1.82, 2.24) is 0 Å². The molecule has 0 radical (unpaired) electrons. The SMILES string of the molecule is C[C@H](Oc1ccc(S(C)(=O)=O)cc1C(=O)N1CCc2c(C(=O)O)cccc21)C(F)(F)F. The lowest BCUT2D eigenvalue weighted by Gasteiger charge is -2.23. The number of nitrogens with zero attached hydrogens (tertiary/aromatic N) is 1. The van der Waals surface area contributed by atoms with Crippen LogP contribution in [0.4, 0.5) is 18.9 Å². The summed E-state index contributed by atoms with van der Waals surface area (Å²) in [5, 5.41) is 9.34. The summed E-state index contributed by atoms with van der Waals surface area (Å²) in [6, 6.07) is 7.39. The Hall–Kier alpha value is -3.08. The number of benzene rings is 2. The molecule has 7 nitrogen and oxygen atoms in total. The van der Waals surface area contributed by atoms with E-state index in [0.29, 0.717) is 11.3 Å². The highest BCUT2D eigenvalue weighted by molar-refractivity contribution is 7.90. The van der Waals surface area contributed by atoms with Crippen molar-refractivity contribution < 1.29 is 41.0 Å². The molecular weight excluding hydrogens is 439 g/mol. The molecule has 31 heavy (non-hydrogen) atoms. The molecule has 1 amide bonds. The number of hydrogen-bond donors (Lipinski definition) is 1. The summed E-state index contributed by atoms with van der Waals surface area (Å²) in [5.74, 6) is -2.39. The zero-order valence-electron chi connectivity index (χ0n) is 16.4. The first-order chi connectivity index (χ1) is 14.3. The summed E-state index contributed by atoms with van der Waals surface area (Å²) in [6.07, 6.45) is -5.82. The van der Waals surface area contributed by atoms with Crippen LogP contribution in [0, 0.1) is 0 Å². The second-order valence-electron chi connectivity index (χ2n) is 7.05. The fraction of sp³-hybridized carbons (Fsp3) is 0.300. The topological polar surface area (TPSA) is 101 Å². The van der Waals surface area contributed by atoms with Crippen molar-refractivity contribution in [2.45, 2.75) is 30.5 Å². The summed E-state index contributed by atoms with van der Waals surface area (Å²) in [6.45, 7) is 0.846. The van der Waals surface area contributed by atoms with Gasteiger partial charge in [-0.05, 0) is 49.2 Å². The van der Waals surface area contributed by atoms with Gasteiger partial charge in [0.25, 0.3) is 5.91 Å². The number of carbonyl (C=O) groups is 2. The molecule has 1 aliphatic heterocycles. The molecule has 2 aromatic carbocycles. The van der Waals surface area contributed by atoms with Gasteiger partial charge in [-0.1, -0.05) is 6.07 Å². The molecule has 0 aromatic heterocycles. The van der Waals surface area contributed by atoms with Crippen molar-refractivity contribution in [3.63, 3.8) is 0 Å². The second-order valence-corrected chi connectivity index (χ2v) is 9.06. The summed E-state index contributed by atoms with van der Waals surface area (Å²) in [4.78, 5) is 25.6. The number of alkyl halides is 3. The maximum Gasteiger partial charge on any atom is 0.425 e. The number of rotatable bonds is 5. The van der Waals surface area contributed by atoms with Crippen LogP contribution >= 0.6 is 0 Å². The van der Waals surface area contributed by atoms with Gasteiger partial charge in [0, 0.05) is 18.5 Å². The van der Waals surface area contributed by atoms with Crippen LogP contribution in [0.1, 0.15) is 33.2 Å². The number of fused-ring (bicyclic) bond motifs is 1. The lowest BCUT2D eigenvalue weighted by Crippen LogP contribution is -2.33. The van der Waals surface area contributed by atoms with Crippen LogP contribution in [0.15, 0.2) is 41.3 Å². The second kappa shape index (κ2) is 7.88.